The Hall–Kier alpha value is -4.02. The minimum Gasteiger partial charge on any atom is -0.497 e. The van der Waals surface area contributed by atoms with E-state index in [0.717, 1.165) is 17.7 Å². The van der Waals surface area contributed by atoms with Crippen molar-refractivity contribution in [2.24, 2.45) is 0 Å². The number of nitrogens with zero attached hydrogens (tertiary/aromatic N) is 3. The molecule has 43 heavy (non-hydrogen) atoms. The molecular formula is C27H30F5N5O5S. The Morgan fingerprint density at radius 2 is 1.53 bits per heavy atom. The van der Waals surface area contributed by atoms with Crippen LogP contribution in [-0.2, 0) is 26.5 Å². The van der Waals surface area contributed by atoms with Gasteiger partial charge in [0.25, 0.3) is 11.8 Å². The summed E-state index contributed by atoms with van der Waals surface area (Å²) in [4.78, 5) is 24.3. The van der Waals surface area contributed by atoms with Gasteiger partial charge in [-0.1, -0.05) is 43.7 Å². The van der Waals surface area contributed by atoms with Crippen LogP contribution in [0.4, 0.5) is 25.2 Å². The van der Waals surface area contributed by atoms with Crippen LogP contribution < -0.4 is 20.5 Å². The molecule has 0 atom stereocenters. The highest BCUT2D eigenvalue weighted by atomic mass is 32.5. The summed E-state index contributed by atoms with van der Waals surface area (Å²) in [6, 6.07) is 12.9. The molecule has 3 aromatic rings. The first-order chi connectivity index (χ1) is 20.1. The molecule has 2 heterocycles. The molecule has 0 bridgehead atoms. The molecule has 1 aromatic heterocycles. The number of methoxy groups -OCH3 is 2. The predicted octanol–water partition coefficient (Wildman–Crippen LogP) is 5.26. The quantitative estimate of drug-likeness (QED) is 0.230. The number of carbonyl (C=O) groups is 2. The highest BCUT2D eigenvalue weighted by Crippen LogP contribution is 3.02. The second kappa shape index (κ2) is 11.6. The molecule has 0 spiro atoms. The molecule has 0 unspecified atom stereocenters. The Morgan fingerprint density at radius 3 is 2.07 bits per heavy atom. The fourth-order valence-corrected chi connectivity index (χ4v) is 5.20. The van der Waals surface area contributed by atoms with E-state index >= 15 is 0 Å². The van der Waals surface area contributed by atoms with E-state index in [9.17, 15) is 29.0 Å². The van der Waals surface area contributed by atoms with Gasteiger partial charge in [-0.25, -0.2) is 0 Å². The molecule has 2 N–H and O–H groups in total. The zero-order valence-electron chi connectivity index (χ0n) is 23.2. The number of ether oxygens (including phenoxy) is 3. The minimum atomic E-state index is -9.78. The monoisotopic (exact) mass is 631 g/mol. The number of anilines is 1. The van der Waals surface area contributed by atoms with Gasteiger partial charge in [0.05, 0.1) is 19.3 Å². The third kappa shape index (κ3) is 8.09. The number of carbonyl (C=O) groups excluding carboxylic acids is 2. The maximum atomic E-state index is 13.1. The lowest BCUT2D eigenvalue weighted by molar-refractivity contribution is -0.126. The van der Waals surface area contributed by atoms with Crippen molar-refractivity contribution in [3.05, 3.63) is 77.5 Å². The van der Waals surface area contributed by atoms with E-state index in [1.807, 2.05) is 4.90 Å². The molecule has 1 aliphatic rings. The number of amides is 2. The van der Waals surface area contributed by atoms with E-state index < -0.39 is 32.5 Å². The summed E-state index contributed by atoms with van der Waals surface area (Å²) in [7, 11) is -6.81. The molecule has 2 amide bonds. The van der Waals surface area contributed by atoms with Crippen LogP contribution in [0.2, 0.25) is 0 Å². The number of rotatable bonds is 10. The molecule has 0 aliphatic carbocycles. The van der Waals surface area contributed by atoms with Gasteiger partial charge in [-0.2, -0.15) is 0 Å². The molecule has 1 fully saturated rings. The van der Waals surface area contributed by atoms with Gasteiger partial charge < -0.3 is 19.1 Å². The van der Waals surface area contributed by atoms with Crippen LogP contribution in [0.25, 0.3) is 0 Å². The molecule has 1 aliphatic heterocycles. The summed E-state index contributed by atoms with van der Waals surface area (Å²) in [5.41, 5.74) is 4.62. The first kappa shape index (κ1) is 31.9. The molecule has 16 heteroatoms. The second-order valence-corrected chi connectivity index (χ2v) is 12.2. The molecule has 0 saturated carbocycles. The minimum absolute atomic E-state index is 0.0597. The molecule has 4 rings (SSSR count). The van der Waals surface area contributed by atoms with Gasteiger partial charge in [-0.15, -0.1) is 10.2 Å². The molecule has 0 radical (unpaired) electrons. The van der Waals surface area contributed by atoms with Crippen LogP contribution in [0, 0.1) is 0 Å². The number of hydrogen-bond donors (Lipinski definition) is 2. The standard InChI is InChI=1S/C27H30F5N5O5S/c1-40-21-7-3-19(4-8-21)17-42-18-25(38)35-36-26(39)23-11-12-24(34-33-23)37-15-13-27(41-2,14-16-37)20-5-9-22(10-6-20)43(28,29,30,31)32/h3-12H,13-18H2,1-2H3,(H,35,38)(H,36,39). The van der Waals surface area contributed by atoms with Crippen LogP contribution in [0.5, 0.6) is 5.75 Å². The maximum absolute atomic E-state index is 13.1. The van der Waals surface area contributed by atoms with Gasteiger partial charge in [0.15, 0.2) is 11.5 Å². The average molecular weight is 632 g/mol. The summed E-state index contributed by atoms with van der Waals surface area (Å²) in [6.07, 6.45) is 0.658. The first-order valence-corrected chi connectivity index (χ1v) is 14.9. The van der Waals surface area contributed by atoms with Crippen molar-refractivity contribution >= 4 is 27.9 Å². The SMILES string of the molecule is COc1ccc(COCC(=O)NNC(=O)c2ccc(N3CCC(OC)(c4ccc(S(F)(F)(F)(F)F)cc4)CC3)nn2)cc1. The van der Waals surface area contributed by atoms with Gasteiger partial charge in [0, 0.05) is 20.2 Å². The van der Waals surface area contributed by atoms with Crippen molar-refractivity contribution in [3.8, 4) is 5.75 Å². The van der Waals surface area contributed by atoms with Gasteiger partial charge in [-0.3, -0.25) is 20.4 Å². The number of piperidine rings is 1. The molecule has 234 valence electrons. The van der Waals surface area contributed by atoms with Crippen LogP contribution in [0.15, 0.2) is 65.6 Å². The smallest absolute Gasteiger partial charge is 0.310 e. The highest BCUT2D eigenvalue weighted by Gasteiger charge is 2.65. The van der Waals surface area contributed by atoms with Gasteiger partial charge in [0.2, 0.25) is 0 Å². The van der Waals surface area contributed by atoms with Crippen molar-refractivity contribution < 1.29 is 43.2 Å². The third-order valence-corrected chi connectivity index (χ3v) is 8.13. The van der Waals surface area contributed by atoms with E-state index in [2.05, 4.69) is 21.0 Å². The fourth-order valence-electron chi connectivity index (χ4n) is 4.55. The fraction of sp³-hybridized carbons (Fsp3) is 0.333. The van der Waals surface area contributed by atoms with Crippen LogP contribution >= 0.6 is 10.2 Å². The number of hydrogen-bond acceptors (Lipinski definition) is 8. The summed E-state index contributed by atoms with van der Waals surface area (Å²) in [5.74, 6) is -0.145. The Kier molecular flexibility index (Phi) is 8.59. The van der Waals surface area contributed by atoms with Gasteiger partial charge in [0.1, 0.15) is 17.3 Å². The summed E-state index contributed by atoms with van der Waals surface area (Å²) >= 11 is 0. The van der Waals surface area contributed by atoms with Crippen molar-refractivity contribution in [2.45, 2.75) is 29.9 Å². The van der Waals surface area contributed by atoms with Crippen molar-refractivity contribution in [2.75, 3.05) is 38.8 Å². The van der Waals surface area contributed by atoms with E-state index in [1.54, 1.807) is 37.4 Å². The Labute approximate surface area is 244 Å². The lowest BCUT2D eigenvalue weighted by atomic mass is 9.84. The Morgan fingerprint density at radius 1 is 0.884 bits per heavy atom. The zero-order chi connectivity index (χ0) is 31.4. The topological polar surface area (TPSA) is 115 Å². The summed E-state index contributed by atoms with van der Waals surface area (Å²) in [6.45, 7) is 0.619. The lowest BCUT2D eigenvalue weighted by Crippen LogP contribution is -2.44. The number of nitrogens with one attached hydrogen (secondary N) is 2. The number of aromatic nitrogens is 2. The van der Waals surface area contributed by atoms with E-state index in [-0.39, 0.29) is 18.9 Å². The maximum Gasteiger partial charge on any atom is 0.310 e. The van der Waals surface area contributed by atoms with Gasteiger partial charge >= 0.3 is 10.2 Å². The van der Waals surface area contributed by atoms with Gasteiger partial charge in [-0.05, 0) is 60.4 Å². The normalized spacial score (nSPS) is 16.5. The lowest BCUT2D eigenvalue weighted by Gasteiger charge is -2.43. The number of hydrazine groups is 1. The van der Waals surface area contributed by atoms with E-state index in [1.165, 1.54) is 13.2 Å². The predicted molar refractivity (Wildman–Crippen MR) is 148 cm³/mol. The van der Waals surface area contributed by atoms with E-state index in [4.69, 9.17) is 14.2 Å². The molecule has 1 saturated heterocycles. The van der Waals surface area contributed by atoms with Crippen LogP contribution in [0.3, 0.4) is 0 Å². The largest absolute Gasteiger partial charge is 0.497 e. The van der Waals surface area contributed by atoms with E-state index in [0.29, 0.717) is 55.2 Å². The summed E-state index contributed by atoms with van der Waals surface area (Å²) in [5, 5.41) is 7.98. The molecular weight excluding hydrogens is 601 g/mol. The Bertz CT molecular complexity index is 1440. The average Bonchev–Trinajstić information content (AvgIpc) is 2.99. The molecule has 2 aromatic carbocycles. The molecule has 10 nitrogen and oxygen atoms in total. The second-order valence-electron chi connectivity index (χ2n) is 9.80. The van der Waals surface area contributed by atoms with Crippen molar-refractivity contribution in [1.82, 2.24) is 21.0 Å². The van der Waals surface area contributed by atoms with Crippen molar-refractivity contribution in [3.63, 3.8) is 0 Å². The third-order valence-electron chi connectivity index (χ3n) is 6.97. The number of halogens is 5. The first-order valence-electron chi connectivity index (χ1n) is 12.9. The number of benzene rings is 2. The highest BCUT2D eigenvalue weighted by molar-refractivity contribution is 8.45. The summed E-state index contributed by atoms with van der Waals surface area (Å²) < 4.78 is 81.6. The Balaban J connectivity index is 1.26. The van der Waals surface area contributed by atoms with Crippen LogP contribution in [-0.4, -0.2) is 55.9 Å². The van der Waals surface area contributed by atoms with Crippen molar-refractivity contribution in [1.29, 1.82) is 0 Å². The zero-order valence-corrected chi connectivity index (χ0v) is 24.0. The van der Waals surface area contributed by atoms with Crippen LogP contribution in [0.1, 0.15) is 34.5 Å².